The van der Waals surface area contributed by atoms with E-state index < -0.39 is 5.51 Å². The second kappa shape index (κ2) is 6.18. The van der Waals surface area contributed by atoms with Crippen LogP contribution in [0.4, 0.5) is 13.2 Å². The highest BCUT2D eigenvalue weighted by atomic mass is 32.2. The molecule has 2 heterocycles. The highest BCUT2D eigenvalue weighted by Gasteiger charge is 2.34. The zero-order chi connectivity index (χ0) is 14.9. The van der Waals surface area contributed by atoms with Gasteiger partial charge in [-0.2, -0.15) is 13.2 Å². The van der Waals surface area contributed by atoms with Crippen LogP contribution in [0.15, 0.2) is 29.2 Å². The van der Waals surface area contributed by atoms with Crippen molar-refractivity contribution in [3.63, 3.8) is 0 Å². The lowest BCUT2D eigenvalue weighted by Crippen LogP contribution is -2.44. The molecule has 21 heavy (non-hydrogen) atoms. The summed E-state index contributed by atoms with van der Waals surface area (Å²) in [5.41, 5.74) is -3.12. The first-order valence-corrected chi connectivity index (χ1v) is 8.12. The van der Waals surface area contributed by atoms with Gasteiger partial charge in [-0.25, -0.2) is 0 Å². The van der Waals surface area contributed by atoms with Crippen molar-refractivity contribution in [1.82, 2.24) is 10.2 Å². The molecule has 0 radical (unpaired) electrons. The Morgan fingerprint density at radius 1 is 1.19 bits per heavy atom. The Balaban J connectivity index is 1.62. The molecule has 1 aromatic carbocycles. The van der Waals surface area contributed by atoms with Crippen molar-refractivity contribution in [3.05, 3.63) is 29.8 Å². The van der Waals surface area contributed by atoms with Gasteiger partial charge in [0, 0.05) is 24.0 Å². The number of halogens is 3. The van der Waals surface area contributed by atoms with Crippen LogP contribution < -0.4 is 5.32 Å². The summed E-state index contributed by atoms with van der Waals surface area (Å²) < 4.78 is 36.9. The first-order valence-electron chi connectivity index (χ1n) is 7.31. The SMILES string of the molecule is FC(F)(F)Sc1ccc(CN2CCCC3CNCC32)cc1. The molecule has 2 saturated heterocycles. The van der Waals surface area contributed by atoms with Gasteiger partial charge in [-0.3, -0.25) is 4.90 Å². The maximum atomic E-state index is 12.3. The third kappa shape index (κ3) is 3.93. The highest BCUT2D eigenvalue weighted by molar-refractivity contribution is 8.00. The Hall–Kier alpha value is -0.720. The van der Waals surface area contributed by atoms with Crippen LogP contribution in [0.1, 0.15) is 18.4 Å². The number of nitrogens with one attached hydrogen (secondary N) is 1. The second-order valence-corrected chi connectivity index (χ2v) is 6.93. The molecule has 2 aliphatic rings. The van der Waals surface area contributed by atoms with Crippen LogP contribution in [0.5, 0.6) is 0 Å². The summed E-state index contributed by atoms with van der Waals surface area (Å²) in [6.45, 7) is 4.05. The Bertz CT molecular complexity index is 475. The number of hydrogen-bond donors (Lipinski definition) is 1. The Morgan fingerprint density at radius 2 is 1.95 bits per heavy atom. The number of likely N-dealkylation sites (tertiary alicyclic amines) is 1. The fourth-order valence-corrected chi connectivity index (χ4v) is 3.93. The molecule has 0 aliphatic carbocycles. The summed E-state index contributed by atoms with van der Waals surface area (Å²) in [6.07, 6.45) is 2.50. The number of benzene rings is 1. The molecule has 2 fully saturated rings. The molecule has 6 heteroatoms. The monoisotopic (exact) mass is 316 g/mol. The number of piperidine rings is 1. The standard InChI is InChI=1S/C15H19F3N2S/c16-15(17,18)21-13-5-3-11(4-6-13)10-20-7-1-2-12-8-19-9-14(12)20/h3-6,12,14,19H,1-2,7-10H2. The van der Waals surface area contributed by atoms with E-state index in [-0.39, 0.29) is 16.7 Å². The minimum absolute atomic E-state index is 0.0526. The summed E-state index contributed by atoms with van der Waals surface area (Å²) in [5, 5.41) is 3.44. The molecule has 2 nitrogen and oxygen atoms in total. The Kier molecular flexibility index (Phi) is 4.47. The van der Waals surface area contributed by atoms with Crippen LogP contribution in [0.3, 0.4) is 0 Å². The molecule has 0 saturated carbocycles. The van der Waals surface area contributed by atoms with Gasteiger partial charge in [-0.05, 0) is 61.3 Å². The zero-order valence-corrected chi connectivity index (χ0v) is 12.5. The zero-order valence-electron chi connectivity index (χ0n) is 11.7. The molecule has 0 aromatic heterocycles. The predicted octanol–water partition coefficient (Wildman–Crippen LogP) is 3.48. The van der Waals surface area contributed by atoms with Crippen LogP contribution in [-0.4, -0.2) is 36.1 Å². The molecule has 0 amide bonds. The van der Waals surface area contributed by atoms with Crippen molar-refractivity contribution in [2.24, 2.45) is 5.92 Å². The van der Waals surface area contributed by atoms with E-state index in [0.29, 0.717) is 6.04 Å². The van der Waals surface area contributed by atoms with E-state index in [4.69, 9.17) is 0 Å². The smallest absolute Gasteiger partial charge is 0.315 e. The molecule has 2 unspecified atom stereocenters. The third-order valence-corrected chi connectivity index (χ3v) is 5.08. The fourth-order valence-electron chi connectivity index (χ4n) is 3.39. The molecule has 1 aromatic rings. The third-order valence-electron chi connectivity index (χ3n) is 4.34. The quantitative estimate of drug-likeness (QED) is 0.860. The molecule has 116 valence electrons. The van der Waals surface area contributed by atoms with Gasteiger partial charge in [0.05, 0.1) is 0 Å². The highest BCUT2D eigenvalue weighted by Crippen LogP contribution is 2.37. The molecule has 2 atom stereocenters. The average Bonchev–Trinajstić information content (AvgIpc) is 2.89. The van der Waals surface area contributed by atoms with E-state index in [1.54, 1.807) is 12.1 Å². The van der Waals surface area contributed by atoms with Crippen molar-refractivity contribution >= 4 is 11.8 Å². The van der Waals surface area contributed by atoms with Gasteiger partial charge >= 0.3 is 5.51 Å². The van der Waals surface area contributed by atoms with Crippen LogP contribution in [-0.2, 0) is 6.54 Å². The maximum Gasteiger partial charge on any atom is 0.446 e. The minimum Gasteiger partial charge on any atom is -0.315 e. The number of fused-ring (bicyclic) bond motifs is 1. The van der Waals surface area contributed by atoms with Gasteiger partial charge in [0.2, 0.25) is 0 Å². The Labute approximate surface area is 127 Å². The number of rotatable bonds is 3. The largest absolute Gasteiger partial charge is 0.446 e. The summed E-state index contributed by atoms with van der Waals surface area (Å²) in [5.74, 6) is 0.735. The van der Waals surface area contributed by atoms with Crippen LogP contribution in [0.2, 0.25) is 0 Å². The minimum atomic E-state index is -4.21. The van der Waals surface area contributed by atoms with Crippen molar-refractivity contribution < 1.29 is 13.2 Å². The normalized spacial score (nSPS) is 26.8. The fraction of sp³-hybridized carbons (Fsp3) is 0.600. The number of thioether (sulfide) groups is 1. The van der Waals surface area contributed by atoms with Gasteiger partial charge < -0.3 is 5.32 Å². The van der Waals surface area contributed by atoms with E-state index in [1.165, 1.54) is 12.8 Å². The molecule has 3 rings (SSSR count). The molecular formula is C15H19F3N2S. The average molecular weight is 316 g/mol. The van der Waals surface area contributed by atoms with Crippen molar-refractivity contribution in [2.45, 2.75) is 35.8 Å². The second-order valence-electron chi connectivity index (χ2n) is 5.79. The van der Waals surface area contributed by atoms with Crippen LogP contribution >= 0.6 is 11.8 Å². The Morgan fingerprint density at radius 3 is 2.67 bits per heavy atom. The topological polar surface area (TPSA) is 15.3 Å². The van der Waals surface area contributed by atoms with Gasteiger partial charge in [-0.1, -0.05) is 12.1 Å². The lowest BCUT2D eigenvalue weighted by atomic mass is 9.92. The van der Waals surface area contributed by atoms with Gasteiger partial charge in [-0.15, -0.1) is 0 Å². The van der Waals surface area contributed by atoms with E-state index in [1.807, 2.05) is 12.1 Å². The molecule has 1 N–H and O–H groups in total. The summed E-state index contributed by atoms with van der Waals surface area (Å²) in [6, 6.07) is 7.37. The first-order chi connectivity index (χ1) is 10.0. The summed E-state index contributed by atoms with van der Waals surface area (Å²) in [7, 11) is 0. The number of nitrogens with zero attached hydrogens (tertiary/aromatic N) is 1. The van der Waals surface area contributed by atoms with E-state index >= 15 is 0 Å². The number of alkyl halides is 3. The molecular weight excluding hydrogens is 297 g/mol. The van der Waals surface area contributed by atoms with Crippen LogP contribution in [0.25, 0.3) is 0 Å². The first kappa shape index (κ1) is 15.2. The molecule has 0 spiro atoms. The van der Waals surface area contributed by atoms with E-state index in [0.717, 1.165) is 37.7 Å². The van der Waals surface area contributed by atoms with Crippen LogP contribution in [0, 0.1) is 5.92 Å². The van der Waals surface area contributed by atoms with Crippen molar-refractivity contribution in [3.8, 4) is 0 Å². The molecule has 0 bridgehead atoms. The van der Waals surface area contributed by atoms with E-state index in [9.17, 15) is 13.2 Å². The summed E-state index contributed by atoms with van der Waals surface area (Å²) >= 11 is -0.0526. The maximum absolute atomic E-state index is 12.3. The predicted molar refractivity (Wildman–Crippen MR) is 78.1 cm³/mol. The lowest BCUT2D eigenvalue weighted by Gasteiger charge is -2.37. The van der Waals surface area contributed by atoms with Gasteiger partial charge in [0.25, 0.3) is 0 Å². The van der Waals surface area contributed by atoms with Crippen molar-refractivity contribution in [2.75, 3.05) is 19.6 Å². The van der Waals surface area contributed by atoms with Gasteiger partial charge in [0.15, 0.2) is 0 Å². The summed E-state index contributed by atoms with van der Waals surface area (Å²) in [4.78, 5) is 2.73. The van der Waals surface area contributed by atoms with Crippen molar-refractivity contribution in [1.29, 1.82) is 0 Å². The lowest BCUT2D eigenvalue weighted by molar-refractivity contribution is -0.0328. The number of hydrogen-bond acceptors (Lipinski definition) is 3. The van der Waals surface area contributed by atoms with Gasteiger partial charge in [0.1, 0.15) is 0 Å². The van der Waals surface area contributed by atoms with E-state index in [2.05, 4.69) is 10.2 Å². The molecule has 2 aliphatic heterocycles.